The van der Waals surface area contributed by atoms with Gasteiger partial charge >= 0.3 is 5.97 Å². The predicted molar refractivity (Wildman–Crippen MR) is 87.8 cm³/mol. The Hall–Kier alpha value is -2.47. The number of nitrogens with zero attached hydrogens (tertiary/aromatic N) is 2. The summed E-state index contributed by atoms with van der Waals surface area (Å²) in [7, 11) is 0. The number of carbonyl (C=O) groups is 1. The molecule has 0 saturated heterocycles. The molecule has 0 radical (unpaired) electrons. The molecule has 3 rings (SSSR count). The zero-order valence-electron chi connectivity index (χ0n) is 12.0. The third-order valence-corrected chi connectivity index (χ3v) is 4.47. The second-order valence-electron chi connectivity index (χ2n) is 4.93. The highest BCUT2D eigenvalue weighted by Gasteiger charge is 2.10. The van der Waals surface area contributed by atoms with E-state index in [1.54, 1.807) is 6.20 Å². The van der Waals surface area contributed by atoms with Crippen molar-refractivity contribution in [2.24, 2.45) is 0 Å². The second kappa shape index (κ2) is 6.11. The molecule has 0 bridgehead atoms. The van der Waals surface area contributed by atoms with Crippen molar-refractivity contribution >= 4 is 39.0 Å². The lowest BCUT2D eigenvalue weighted by atomic mass is 10.2. The quantitative estimate of drug-likeness (QED) is 0.750. The third kappa shape index (κ3) is 3.07. The number of carboxylic acid groups (broad SMARTS) is 1. The van der Waals surface area contributed by atoms with Gasteiger partial charge in [-0.1, -0.05) is 18.2 Å². The van der Waals surface area contributed by atoms with Crippen molar-refractivity contribution in [3.8, 4) is 0 Å². The van der Waals surface area contributed by atoms with Crippen LogP contribution in [0.25, 0.3) is 10.9 Å². The Bertz CT molecular complexity index is 824. The van der Waals surface area contributed by atoms with E-state index in [1.165, 1.54) is 11.3 Å². The fourth-order valence-corrected chi connectivity index (χ4v) is 3.23. The number of carboxylic acids is 1. The molecule has 2 aromatic heterocycles. The summed E-state index contributed by atoms with van der Waals surface area (Å²) in [5, 5.41) is 13.9. The highest BCUT2D eigenvalue weighted by molar-refractivity contribution is 7.15. The molecule has 0 saturated carbocycles. The van der Waals surface area contributed by atoms with Gasteiger partial charge in [-0.15, -0.1) is 11.3 Å². The molecule has 0 unspecified atom stereocenters. The lowest BCUT2D eigenvalue weighted by Gasteiger charge is -2.05. The van der Waals surface area contributed by atoms with Gasteiger partial charge in [-0.05, 0) is 25.5 Å². The van der Waals surface area contributed by atoms with E-state index in [2.05, 4.69) is 15.3 Å². The van der Waals surface area contributed by atoms with Crippen molar-refractivity contribution in [3.63, 3.8) is 0 Å². The highest BCUT2D eigenvalue weighted by Crippen LogP contribution is 2.29. The standard InChI is InChI=1S/C16H15N3O2S/c1-10-13(7-8-14(20)21)22-16(18-10)19-12-6-2-4-11-5-3-9-17-15(11)12/h2-6,9H,7-8H2,1H3,(H,18,19)(H,20,21). The van der Waals surface area contributed by atoms with Gasteiger partial charge in [-0.25, -0.2) is 4.98 Å². The number of para-hydroxylation sites is 1. The van der Waals surface area contributed by atoms with E-state index in [0.29, 0.717) is 6.42 Å². The van der Waals surface area contributed by atoms with Gasteiger partial charge in [0.2, 0.25) is 0 Å². The SMILES string of the molecule is Cc1nc(Nc2cccc3cccnc23)sc1CCC(=O)O. The zero-order chi connectivity index (χ0) is 15.5. The second-order valence-corrected chi connectivity index (χ2v) is 6.01. The van der Waals surface area contributed by atoms with Gasteiger partial charge in [0.15, 0.2) is 5.13 Å². The van der Waals surface area contributed by atoms with Crippen LogP contribution < -0.4 is 5.32 Å². The summed E-state index contributed by atoms with van der Waals surface area (Å²) < 4.78 is 0. The fourth-order valence-electron chi connectivity index (χ4n) is 2.25. The van der Waals surface area contributed by atoms with Crippen molar-refractivity contribution in [1.82, 2.24) is 9.97 Å². The van der Waals surface area contributed by atoms with Crippen molar-refractivity contribution in [3.05, 3.63) is 47.1 Å². The number of nitrogens with one attached hydrogen (secondary N) is 1. The Morgan fingerprint density at radius 2 is 2.14 bits per heavy atom. The molecule has 112 valence electrons. The number of aryl methyl sites for hydroxylation is 2. The van der Waals surface area contributed by atoms with Crippen LogP contribution in [0.15, 0.2) is 36.5 Å². The number of hydrogen-bond donors (Lipinski definition) is 2. The third-order valence-electron chi connectivity index (χ3n) is 3.33. The average Bonchev–Trinajstić information content (AvgIpc) is 2.85. The van der Waals surface area contributed by atoms with Crippen LogP contribution >= 0.6 is 11.3 Å². The number of anilines is 2. The fraction of sp³-hybridized carbons (Fsp3) is 0.188. The summed E-state index contributed by atoms with van der Waals surface area (Å²) in [4.78, 5) is 20.6. The van der Waals surface area contributed by atoms with E-state index in [0.717, 1.165) is 32.3 Å². The topological polar surface area (TPSA) is 75.1 Å². The van der Waals surface area contributed by atoms with Crippen LogP contribution in [0.5, 0.6) is 0 Å². The van der Waals surface area contributed by atoms with E-state index < -0.39 is 5.97 Å². The van der Waals surface area contributed by atoms with Crippen LogP contribution in [0.2, 0.25) is 0 Å². The lowest BCUT2D eigenvalue weighted by molar-refractivity contribution is -0.136. The van der Waals surface area contributed by atoms with Gasteiger partial charge in [0.25, 0.3) is 0 Å². The molecule has 3 aromatic rings. The van der Waals surface area contributed by atoms with Gasteiger partial charge < -0.3 is 10.4 Å². The molecule has 2 heterocycles. The molecular formula is C16H15N3O2S. The predicted octanol–water partition coefficient (Wildman–Crippen LogP) is 3.76. The number of fused-ring (bicyclic) bond motifs is 1. The molecule has 0 aliphatic heterocycles. The van der Waals surface area contributed by atoms with Crippen LogP contribution in [0.3, 0.4) is 0 Å². The van der Waals surface area contributed by atoms with Gasteiger partial charge in [-0.3, -0.25) is 9.78 Å². The summed E-state index contributed by atoms with van der Waals surface area (Å²) in [6.07, 6.45) is 2.39. The minimum atomic E-state index is -0.791. The van der Waals surface area contributed by atoms with Gasteiger partial charge in [0, 0.05) is 16.5 Å². The molecule has 1 aromatic carbocycles. The van der Waals surface area contributed by atoms with Crippen molar-refractivity contribution in [2.45, 2.75) is 19.8 Å². The minimum absolute atomic E-state index is 0.123. The van der Waals surface area contributed by atoms with E-state index in [9.17, 15) is 4.79 Å². The van der Waals surface area contributed by atoms with Crippen molar-refractivity contribution in [1.29, 1.82) is 0 Å². The first kappa shape index (κ1) is 14.5. The Morgan fingerprint density at radius 3 is 2.95 bits per heavy atom. The average molecular weight is 313 g/mol. The summed E-state index contributed by atoms with van der Waals surface area (Å²) in [5.74, 6) is -0.791. The molecule has 0 spiro atoms. The van der Waals surface area contributed by atoms with Crippen molar-refractivity contribution in [2.75, 3.05) is 5.32 Å². The van der Waals surface area contributed by atoms with Crippen LogP contribution in [0.1, 0.15) is 17.0 Å². The first-order valence-electron chi connectivity index (χ1n) is 6.92. The monoisotopic (exact) mass is 313 g/mol. The van der Waals surface area contributed by atoms with E-state index in [1.807, 2.05) is 37.3 Å². The Kier molecular flexibility index (Phi) is 4.02. The molecule has 6 heteroatoms. The summed E-state index contributed by atoms with van der Waals surface area (Å²) >= 11 is 1.49. The summed E-state index contributed by atoms with van der Waals surface area (Å²) in [6.45, 7) is 1.90. The van der Waals surface area contributed by atoms with E-state index in [4.69, 9.17) is 5.11 Å². The minimum Gasteiger partial charge on any atom is -0.481 e. The van der Waals surface area contributed by atoms with Gasteiger partial charge in [0.1, 0.15) is 0 Å². The van der Waals surface area contributed by atoms with Gasteiger partial charge in [-0.2, -0.15) is 0 Å². The number of benzene rings is 1. The summed E-state index contributed by atoms with van der Waals surface area (Å²) in [5.41, 5.74) is 2.67. The maximum Gasteiger partial charge on any atom is 0.303 e. The number of rotatable bonds is 5. The maximum absolute atomic E-state index is 10.7. The molecule has 0 aliphatic rings. The Balaban J connectivity index is 1.86. The first-order chi connectivity index (χ1) is 10.6. The van der Waals surface area contributed by atoms with E-state index in [-0.39, 0.29) is 6.42 Å². The molecule has 22 heavy (non-hydrogen) atoms. The molecular weight excluding hydrogens is 298 g/mol. The Morgan fingerprint density at radius 1 is 1.32 bits per heavy atom. The lowest BCUT2D eigenvalue weighted by Crippen LogP contribution is -1.96. The highest BCUT2D eigenvalue weighted by atomic mass is 32.1. The smallest absolute Gasteiger partial charge is 0.303 e. The molecule has 2 N–H and O–H groups in total. The molecule has 0 aliphatic carbocycles. The molecule has 5 nitrogen and oxygen atoms in total. The van der Waals surface area contributed by atoms with Gasteiger partial charge in [0.05, 0.1) is 23.3 Å². The van der Waals surface area contributed by atoms with Crippen LogP contribution in [-0.2, 0) is 11.2 Å². The normalized spacial score (nSPS) is 10.8. The largest absolute Gasteiger partial charge is 0.481 e. The molecule has 0 atom stereocenters. The van der Waals surface area contributed by atoms with Crippen LogP contribution in [0.4, 0.5) is 10.8 Å². The number of aromatic nitrogens is 2. The number of thiazole rings is 1. The Labute approximate surface area is 131 Å². The molecule has 0 amide bonds. The van der Waals surface area contributed by atoms with Crippen molar-refractivity contribution < 1.29 is 9.90 Å². The van der Waals surface area contributed by atoms with Crippen LogP contribution in [0, 0.1) is 6.92 Å². The first-order valence-corrected chi connectivity index (χ1v) is 7.74. The maximum atomic E-state index is 10.7. The number of hydrogen-bond acceptors (Lipinski definition) is 5. The van der Waals surface area contributed by atoms with E-state index >= 15 is 0 Å². The van der Waals surface area contributed by atoms with Crippen LogP contribution in [-0.4, -0.2) is 21.0 Å². The summed E-state index contributed by atoms with van der Waals surface area (Å²) in [6, 6.07) is 9.86. The number of pyridine rings is 1. The molecule has 0 fully saturated rings. The zero-order valence-corrected chi connectivity index (χ0v) is 12.9. The number of aliphatic carboxylic acids is 1.